The predicted molar refractivity (Wildman–Crippen MR) is 106 cm³/mol. The van der Waals surface area contributed by atoms with Crippen LogP contribution < -0.4 is 10.6 Å². The summed E-state index contributed by atoms with van der Waals surface area (Å²) in [5.41, 5.74) is 3.21. The summed E-state index contributed by atoms with van der Waals surface area (Å²) in [5, 5.41) is 7.46. The maximum atomic E-state index is 4.62. The summed E-state index contributed by atoms with van der Waals surface area (Å²) in [4.78, 5) is 13.4. The average Bonchev–Trinajstić information content (AvgIpc) is 3.17. The number of pyridine rings is 1. The van der Waals surface area contributed by atoms with Crippen LogP contribution in [0.2, 0.25) is 0 Å². The number of nitrogens with zero attached hydrogens (tertiary/aromatic N) is 3. The minimum absolute atomic E-state index is 0. The van der Waals surface area contributed by atoms with Gasteiger partial charge in [-0.2, -0.15) is 0 Å². The zero-order valence-electron chi connectivity index (χ0n) is 12.9. The van der Waals surface area contributed by atoms with Gasteiger partial charge in [0.05, 0.1) is 16.8 Å². The van der Waals surface area contributed by atoms with Gasteiger partial charge in [-0.05, 0) is 36.8 Å². The van der Waals surface area contributed by atoms with Crippen LogP contribution in [0.1, 0.15) is 11.1 Å². The highest BCUT2D eigenvalue weighted by atomic mass is 35.5. The lowest BCUT2D eigenvalue weighted by Gasteiger charge is -2.03. The standard InChI is InChI=1S/C16H15N5S.2ClH/c1-10-3-2-6-17-14(10)21-16-20-12-5-4-11(9-13(12)22-16)15-18-7-8-19-15;;/h2-6,9H,7-8H2,1H3,(H,18,19)(H,17,20,21);2*1H. The molecule has 1 aromatic carbocycles. The quantitative estimate of drug-likeness (QED) is 0.721. The van der Waals surface area contributed by atoms with Crippen LogP contribution in [0.5, 0.6) is 0 Å². The molecule has 8 heteroatoms. The molecule has 3 heterocycles. The molecule has 0 saturated heterocycles. The molecule has 4 rings (SSSR count). The number of aromatic nitrogens is 2. The van der Waals surface area contributed by atoms with Gasteiger partial charge in [-0.25, -0.2) is 9.97 Å². The first-order valence-electron chi connectivity index (χ1n) is 7.17. The molecule has 0 radical (unpaired) electrons. The summed E-state index contributed by atoms with van der Waals surface area (Å²) < 4.78 is 1.14. The van der Waals surface area contributed by atoms with Crippen molar-refractivity contribution in [2.45, 2.75) is 6.92 Å². The van der Waals surface area contributed by atoms with Gasteiger partial charge >= 0.3 is 0 Å². The molecule has 3 aromatic rings. The van der Waals surface area contributed by atoms with Gasteiger partial charge in [-0.1, -0.05) is 17.4 Å². The van der Waals surface area contributed by atoms with Crippen LogP contribution in [-0.2, 0) is 0 Å². The van der Waals surface area contributed by atoms with Crippen molar-refractivity contribution in [1.29, 1.82) is 0 Å². The van der Waals surface area contributed by atoms with Gasteiger partial charge in [-0.3, -0.25) is 4.99 Å². The van der Waals surface area contributed by atoms with Crippen LogP contribution >= 0.6 is 36.2 Å². The molecule has 1 aliphatic heterocycles. The van der Waals surface area contributed by atoms with E-state index in [0.29, 0.717) is 0 Å². The first-order valence-corrected chi connectivity index (χ1v) is 7.99. The molecular weight excluding hydrogens is 365 g/mol. The number of thiazole rings is 1. The van der Waals surface area contributed by atoms with E-state index in [4.69, 9.17) is 0 Å². The van der Waals surface area contributed by atoms with Crippen molar-refractivity contribution in [3.8, 4) is 0 Å². The van der Waals surface area contributed by atoms with Gasteiger partial charge in [0.1, 0.15) is 11.7 Å². The van der Waals surface area contributed by atoms with Gasteiger partial charge in [0, 0.05) is 18.3 Å². The van der Waals surface area contributed by atoms with Crippen molar-refractivity contribution in [3.63, 3.8) is 0 Å². The van der Waals surface area contributed by atoms with E-state index in [2.05, 4.69) is 37.7 Å². The first-order chi connectivity index (χ1) is 10.8. The Kier molecular flexibility index (Phi) is 5.99. The molecule has 2 N–H and O–H groups in total. The Hall–Kier alpha value is -1.89. The molecule has 24 heavy (non-hydrogen) atoms. The minimum atomic E-state index is 0. The third-order valence-electron chi connectivity index (χ3n) is 3.57. The second-order valence-corrected chi connectivity index (χ2v) is 6.18. The number of benzene rings is 1. The van der Waals surface area contributed by atoms with E-state index in [1.165, 1.54) is 0 Å². The SMILES string of the molecule is Cc1cccnc1Nc1nc2ccc(C3=NCCN3)cc2s1.Cl.Cl. The van der Waals surface area contributed by atoms with Crippen molar-refractivity contribution in [2.75, 3.05) is 18.4 Å². The number of fused-ring (bicyclic) bond motifs is 1. The number of nitrogens with one attached hydrogen (secondary N) is 2. The number of rotatable bonds is 3. The van der Waals surface area contributed by atoms with Gasteiger partial charge in [0.25, 0.3) is 0 Å². The molecule has 2 aromatic heterocycles. The van der Waals surface area contributed by atoms with Gasteiger partial charge < -0.3 is 10.6 Å². The number of hydrogen-bond acceptors (Lipinski definition) is 6. The lowest BCUT2D eigenvalue weighted by atomic mass is 10.2. The number of aryl methyl sites for hydroxylation is 1. The number of anilines is 2. The summed E-state index contributed by atoms with van der Waals surface area (Å²) in [5.74, 6) is 1.83. The smallest absolute Gasteiger partial charge is 0.189 e. The van der Waals surface area contributed by atoms with Crippen LogP contribution in [0, 0.1) is 6.92 Å². The predicted octanol–water partition coefficient (Wildman–Crippen LogP) is 3.94. The molecule has 0 aliphatic carbocycles. The van der Waals surface area contributed by atoms with Crippen molar-refractivity contribution in [1.82, 2.24) is 15.3 Å². The number of hydrogen-bond donors (Lipinski definition) is 2. The molecule has 126 valence electrons. The van der Waals surface area contributed by atoms with Crippen molar-refractivity contribution >= 4 is 63.2 Å². The number of aliphatic imine (C=N–C) groups is 1. The Morgan fingerprint density at radius 1 is 1.21 bits per heavy atom. The summed E-state index contributed by atoms with van der Waals surface area (Å²) in [7, 11) is 0. The zero-order chi connectivity index (χ0) is 14.9. The van der Waals surface area contributed by atoms with E-state index in [1.807, 2.05) is 25.1 Å². The number of halogens is 2. The van der Waals surface area contributed by atoms with Crippen LogP contribution in [0.25, 0.3) is 10.2 Å². The third kappa shape index (κ3) is 3.61. The van der Waals surface area contributed by atoms with E-state index in [0.717, 1.165) is 51.2 Å². The lowest BCUT2D eigenvalue weighted by Crippen LogP contribution is -2.19. The largest absolute Gasteiger partial charge is 0.368 e. The molecule has 5 nitrogen and oxygen atoms in total. The molecule has 0 unspecified atom stereocenters. The van der Waals surface area contributed by atoms with Gasteiger partial charge in [-0.15, -0.1) is 24.8 Å². The molecular formula is C16H17Cl2N5S. The van der Waals surface area contributed by atoms with Crippen molar-refractivity contribution < 1.29 is 0 Å². The summed E-state index contributed by atoms with van der Waals surface area (Å²) in [6.45, 7) is 3.80. The lowest BCUT2D eigenvalue weighted by molar-refractivity contribution is 0.960. The minimum Gasteiger partial charge on any atom is -0.368 e. The zero-order valence-corrected chi connectivity index (χ0v) is 15.4. The second kappa shape index (κ2) is 7.79. The molecule has 0 fully saturated rings. The van der Waals surface area contributed by atoms with Crippen LogP contribution in [-0.4, -0.2) is 28.9 Å². The highest BCUT2D eigenvalue weighted by Gasteiger charge is 2.11. The Bertz CT molecular complexity index is 878. The maximum absolute atomic E-state index is 4.62. The number of amidine groups is 1. The highest BCUT2D eigenvalue weighted by Crippen LogP contribution is 2.29. The Balaban J connectivity index is 0.00000104. The van der Waals surface area contributed by atoms with Gasteiger partial charge in [0.2, 0.25) is 0 Å². The summed E-state index contributed by atoms with van der Waals surface area (Å²) >= 11 is 1.63. The molecule has 0 saturated carbocycles. The fourth-order valence-corrected chi connectivity index (χ4v) is 3.34. The van der Waals surface area contributed by atoms with E-state index in [9.17, 15) is 0 Å². The summed E-state index contributed by atoms with van der Waals surface area (Å²) in [6, 6.07) is 10.2. The van der Waals surface area contributed by atoms with Crippen molar-refractivity contribution in [2.24, 2.45) is 4.99 Å². The van der Waals surface area contributed by atoms with Crippen LogP contribution in [0.15, 0.2) is 41.5 Å². The van der Waals surface area contributed by atoms with Gasteiger partial charge in [0.15, 0.2) is 5.13 Å². The van der Waals surface area contributed by atoms with E-state index in [-0.39, 0.29) is 24.8 Å². The van der Waals surface area contributed by atoms with Crippen molar-refractivity contribution in [3.05, 3.63) is 47.7 Å². The second-order valence-electron chi connectivity index (χ2n) is 5.15. The molecule has 0 bridgehead atoms. The Morgan fingerprint density at radius 3 is 2.83 bits per heavy atom. The van der Waals surface area contributed by atoms with E-state index < -0.39 is 0 Å². The topological polar surface area (TPSA) is 62.2 Å². The Labute approximate surface area is 156 Å². The van der Waals surface area contributed by atoms with E-state index in [1.54, 1.807) is 17.5 Å². The fourth-order valence-electron chi connectivity index (χ4n) is 2.43. The van der Waals surface area contributed by atoms with E-state index >= 15 is 0 Å². The molecule has 0 amide bonds. The average molecular weight is 382 g/mol. The fraction of sp³-hybridized carbons (Fsp3) is 0.188. The highest BCUT2D eigenvalue weighted by molar-refractivity contribution is 7.22. The van der Waals surface area contributed by atoms with Crippen LogP contribution in [0.3, 0.4) is 0 Å². The normalized spacial score (nSPS) is 12.8. The maximum Gasteiger partial charge on any atom is 0.189 e. The van der Waals surface area contributed by atoms with Crippen LogP contribution in [0.4, 0.5) is 10.9 Å². The molecule has 1 aliphatic rings. The first kappa shape index (κ1) is 18.4. The molecule has 0 spiro atoms. The third-order valence-corrected chi connectivity index (χ3v) is 4.50. The Morgan fingerprint density at radius 2 is 2.08 bits per heavy atom. The monoisotopic (exact) mass is 381 g/mol. The summed E-state index contributed by atoms with van der Waals surface area (Å²) in [6.07, 6.45) is 1.78. The molecule has 0 atom stereocenters.